The smallest absolute Gasteiger partial charge is 0.0200 e. The summed E-state index contributed by atoms with van der Waals surface area (Å²) in [6, 6.07) is 10.6. The SMILES string of the molecule is CC1(C)CCC(N)(Cc2ccccc2)C1. The zero-order valence-electron chi connectivity index (χ0n) is 9.79. The van der Waals surface area contributed by atoms with Crippen molar-refractivity contribution in [3.63, 3.8) is 0 Å². The van der Waals surface area contributed by atoms with Gasteiger partial charge in [0, 0.05) is 5.54 Å². The molecular formula is C14H21N. The third-order valence-corrected chi connectivity index (χ3v) is 3.53. The molecule has 1 aromatic rings. The van der Waals surface area contributed by atoms with Gasteiger partial charge in [0.25, 0.3) is 0 Å². The Hall–Kier alpha value is -0.820. The first kappa shape index (κ1) is 10.7. The Bertz CT molecular complexity index is 328. The first-order valence-corrected chi connectivity index (χ1v) is 5.82. The minimum Gasteiger partial charge on any atom is -0.325 e. The van der Waals surface area contributed by atoms with Crippen LogP contribution in [0.15, 0.2) is 30.3 Å². The van der Waals surface area contributed by atoms with Crippen LogP contribution in [-0.4, -0.2) is 5.54 Å². The average molecular weight is 203 g/mol. The molecule has 1 nitrogen and oxygen atoms in total. The Morgan fingerprint density at radius 1 is 1.13 bits per heavy atom. The number of hydrogen-bond donors (Lipinski definition) is 1. The standard InChI is InChI=1S/C14H21N/c1-13(2)8-9-14(15,11-13)10-12-6-4-3-5-7-12/h3-7H,8-11,15H2,1-2H3. The fourth-order valence-electron chi connectivity index (χ4n) is 2.87. The minimum atomic E-state index is 0.0326. The predicted molar refractivity (Wildman–Crippen MR) is 64.7 cm³/mol. The van der Waals surface area contributed by atoms with Crippen molar-refractivity contribution in [3.8, 4) is 0 Å². The number of nitrogens with two attached hydrogens (primary N) is 1. The van der Waals surface area contributed by atoms with E-state index in [0.29, 0.717) is 5.41 Å². The van der Waals surface area contributed by atoms with Crippen LogP contribution in [0.5, 0.6) is 0 Å². The van der Waals surface area contributed by atoms with Crippen LogP contribution in [-0.2, 0) is 6.42 Å². The van der Waals surface area contributed by atoms with Gasteiger partial charge in [0.1, 0.15) is 0 Å². The van der Waals surface area contributed by atoms with Gasteiger partial charge in [0.15, 0.2) is 0 Å². The highest BCUT2D eigenvalue weighted by Crippen LogP contribution is 2.43. The van der Waals surface area contributed by atoms with Gasteiger partial charge in [-0.3, -0.25) is 0 Å². The molecule has 1 unspecified atom stereocenters. The Kier molecular flexibility index (Phi) is 2.59. The van der Waals surface area contributed by atoms with E-state index >= 15 is 0 Å². The normalized spacial score (nSPS) is 29.3. The molecule has 1 aliphatic rings. The van der Waals surface area contributed by atoms with Gasteiger partial charge in [-0.2, -0.15) is 0 Å². The van der Waals surface area contributed by atoms with Gasteiger partial charge >= 0.3 is 0 Å². The maximum atomic E-state index is 6.47. The third-order valence-electron chi connectivity index (χ3n) is 3.53. The molecule has 1 heteroatoms. The van der Waals surface area contributed by atoms with E-state index in [0.717, 1.165) is 19.3 Å². The lowest BCUT2D eigenvalue weighted by molar-refractivity contribution is 0.334. The summed E-state index contributed by atoms with van der Waals surface area (Å²) in [6.07, 6.45) is 4.59. The molecule has 0 aromatic heterocycles. The van der Waals surface area contributed by atoms with E-state index in [9.17, 15) is 0 Å². The van der Waals surface area contributed by atoms with Crippen LogP contribution in [0.2, 0.25) is 0 Å². The van der Waals surface area contributed by atoms with Gasteiger partial charge in [-0.05, 0) is 36.7 Å². The molecule has 1 aliphatic carbocycles. The monoisotopic (exact) mass is 203 g/mol. The summed E-state index contributed by atoms with van der Waals surface area (Å²) < 4.78 is 0. The van der Waals surface area contributed by atoms with Crippen LogP contribution in [0.1, 0.15) is 38.7 Å². The summed E-state index contributed by atoms with van der Waals surface area (Å²) in [5.41, 5.74) is 8.31. The summed E-state index contributed by atoms with van der Waals surface area (Å²) in [5, 5.41) is 0. The molecule has 0 amide bonds. The molecule has 0 bridgehead atoms. The molecule has 1 aromatic carbocycles. The molecule has 15 heavy (non-hydrogen) atoms. The molecule has 0 heterocycles. The fraction of sp³-hybridized carbons (Fsp3) is 0.571. The maximum Gasteiger partial charge on any atom is 0.0200 e. The summed E-state index contributed by atoms with van der Waals surface area (Å²) in [7, 11) is 0. The predicted octanol–water partition coefficient (Wildman–Crippen LogP) is 3.14. The molecule has 1 atom stereocenters. The molecule has 0 spiro atoms. The molecule has 0 radical (unpaired) electrons. The second-order valence-corrected chi connectivity index (χ2v) is 5.87. The van der Waals surface area contributed by atoms with Gasteiger partial charge in [-0.15, -0.1) is 0 Å². The third kappa shape index (κ3) is 2.60. The highest BCUT2D eigenvalue weighted by molar-refractivity contribution is 5.19. The molecule has 82 valence electrons. The van der Waals surface area contributed by atoms with Gasteiger partial charge < -0.3 is 5.73 Å². The van der Waals surface area contributed by atoms with Crippen molar-refractivity contribution in [1.82, 2.24) is 0 Å². The van der Waals surface area contributed by atoms with E-state index in [1.807, 2.05) is 0 Å². The number of hydrogen-bond acceptors (Lipinski definition) is 1. The zero-order valence-corrected chi connectivity index (χ0v) is 9.79. The van der Waals surface area contributed by atoms with Gasteiger partial charge in [0.05, 0.1) is 0 Å². The van der Waals surface area contributed by atoms with Crippen LogP contribution in [0.25, 0.3) is 0 Å². The average Bonchev–Trinajstić information content (AvgIpc) is 2.42. The Morgan fingerprint density at radius 3 is 2.33 bits per heavy atom. The van der Waals surface area contributed by atoms with E-state index in [4.69, 9.17) is 5.73 Å². The lowest BCUT2D eigenvalue weighted by Crippen LogP contribution is -2.40. The van der Waals surface area contributed by atoms with Gasteiger partial charge in [0.2, 0.25) is 0 Å². The van der Waals surface area contributed by atoms with E-state index in [-0.39, 0.29) is 5.54 Å². The quantitative estimate of drug-likeness (QED) is 0.785. The molecule has 2 N–H and O–H groups in total. The van der Waals surface area contributed by atoms with E-state index in [1.165, 1.54) is 12.0 Å². The number of benzene rings is 1. The van der Waals surface area contributed by atoms with Gasteiger partial charge in [-0.1, -0.05) is 44.2 Å². The topological polar surface area (TPSA) is 26.0 Å². The van der Waals surface area contributed by atoms with E-state index < -0.39 is 0 Å². The van der Waals surface area contributed by atoms with Crippen molar-refractivity contribution in [3.05, 3.63) is 35.9 Å². The van der Waals surface area contributed by atoms with Crippen LogP contribution in [0.3, 0.4) is 0 Å². The van der Waals surface area contributed by atoms with Gasteiger partial charge in [-0.25, -0.2) is 0 Å². The molecule has 1 saturated carbocycles. The first-order chi connectivity index (χ1) is 6.99. The zero-order chi connectivity index (χ0) is 10.9. The van der Waals surface area contributed by atoms with Crippen molar-refractivity contribution in [2.45, 2.75) is 45.1 Å². The highest BCUT2D eigenvalue weighted by atomic mass is 14.8. The second kappa shape index (κ2) is 3.64. The molecule has 1 fully saturated rings. The Labute approximate surface area is 92.7 Å². The van der Waals surface area contributed by atoms with Crippen molar-refractivity contribution in [2.75, 3.05) is 0 Å². The van der Waals surface area contributed by atoms with Crippen LogP contribution in [0.4, 0.5) is 0 Å². The largest absolute Gasteiger partial charge is 0.325 e. The summed E-state index contributed by atoms with van der Waals surface area (Å²) in [4.78, 5) is 0. The van der Waals surface area contributed by atoms with Crippen molar-refractivity contribution < 1.29 is 0 Å². The van der Waals surface area contributed by atoms with E-state index in [2.05, 4.69) is 44.2 Å². The fourth-order valence-corrected chi connectivity index (χ4v) is 2.87. The molecule has 0 aliphatic heterocycles. The minimum absolute atomic E-state index is 0.0326. The summed E-state index contributed by atoms with van der Waals surface area (Å²) in [6.45, 7) is 4.65. The molecular weight excluding hydrogens is 182 g/mol. The van der Waals surface area contributed by atoms with Crippen molar-refractivity contribution in [2.24, 2.45) is 11.1 Å². The van der Waals surface area contributed by atoms with Crippen LogP contribution < -0.4 is 5.73 Å². The summed E-state index contributed by atoms with van der Waals surface area (Å²) in [5.74, 6) is 0. The van der Waals surface area contributed by atoms with Crippen LogP contribution in [0, 0.1) is 5.41 Å². The maximum absolute atomic E-state index is 6.47. The lowest BCUT2D eigenvalue weighted by atomic mass is 9.85. The lowest BCUT2D eigenvalue weighted by Gasteiger charge is -2.26. The van der Waals surface area contributed by atoms with Crippen molar-refractivity contribution >= 4 is 0 Å². The Balaban J connectivity index is 2.07. The van der Waals surface area contributed by atoms with Crippen molar-refractivity contribution in [1.29, 1.82) is 0 Å². The van der Waals surface area contributed by atoms with Crippen LogP contribution >= 0.6 is 0 Å². The highest BCUT2D eigenvalue weighted by Gasteiger charge is 2.39. The Morgan fingerprint density at radius 2 is 1.80 bits per heavy atom. The molecule has 0 saturated heterocycles. The first-order valence-electron chi connectivity index (χ1n) is 5.82. The number of rotatable bonds is 2. The van der Waals surface area contributed by atoms with E-state index in [1.54, 1.807) is 0 Å². The second-order valence-electron chi connectivity index (χ2n) is 5.87. The molecule has 2 rings (SSSR count). The summed E-state index contributed by atoms with van der Waals surface area (Å²) >= 11 is 0.